The van der Waals surface area contributed by atoms with Crippen molar-refractivity contribution in [2.75, 3.05) is 5.75 Å². The Bertz CT molecular complexity index is 805. The first-order valence-electron chi connectivity index (χ1n) is 7.14. The minimum atomic E-state index is -0.0706. The Hall–Kier alpha value is -1.90. The maximum Gasteiger partial charge on any atom is 0.230 e. The topological polar surface area (TPSA) is 72.7 Å². The summed E-state index contributed by atoms with van der Waals surface area (Å²) in [5.74, 6) is 0.188. The van der Waals surface area contributed by atoms with Crippen molar-refractivity contribution in [2.45, 2.75) is 18.2 Å². The van der Waals surface area contributed by atoms with Crippen molar-refractivity contribution in [3.63, 3.8) is 0 Å². The lowest BCUT2D eigenvalue weighted by Crippen LogP contribution is -2.24. The fraction of sp³-hybridized carbons (Fsp3) is 0.200. The van der Waals surface area contributed by atoms with Crippen LogP contribution in [-0.2, 0) is 17.9 Å². The summed E-state index contributed by atoms with van der Waals surface area (Å²) in [6.07, 6.45) is 0. The molecule has 6 nitrogen and oxygen atoms in total. The maximum absolute atomic E-state index is 11.9. The highest BCUT2D eigenvalue weighted by Gasteiger charge is 2.10. The summed E-state index contributed by atoms with van der Waals surface area (Å²) in [4.78, 5) is 13.0. The van der Waals surface area contributed by atoms with E-state index in [1.165, 1.54) is 23.1 Å². The zero-order valence-electron chi connectivity index (χ0n) is 12.6. The van der Waals surface area contributed by atoms with E-state index in [4.69, 9.17) is 11.6 Å². The predicted octanol–water partition coefficient (Wildman–Crippen LogP) is 2.84. The summed E-state index contributed by atoms with van der Waals surface area (Å²) in [5.41, 5.74) is 1.10. The van der Waals surface area contributed by atoms with Gasteiger partial charge in [0.2, 0.25) is 11.1 Å². The van der Waals surface area contributed by atoms with Gasteiger partial charge in [-0.3, -0.25) is 4.79 Å². The van der Waals surface area contributed by atoms with Gasteiger partial charge in [-0.15, -0.1) is 16.4 Å². The largest absolute Gasteiger partial charge is 0.350 e. The first-order valence-corrected chi connectivity index (χ1v) is 9.32. The molecule has 2 aromatic heterocycles. The molecule has 0 unspecified atom stereocenters. The van der Waals surface area contributed by atoms with Gasteiger partial charge < -0.3 is 5.32 Å². The molecule has 3 aromatic rings. The van der Waals surface area contributed by atoms with E-state index in [2.05, 4.69) is 20.8 Å². The van der Waals surface area contributed by atoms with E-state index in [1.807, 2.05) is 42.5 Å². The first-order chi connectivity index (χ1) is 11.7. The van der Waals surface area contributed by atoms with Crippen molar-refractivity contribution in [3.8, 4) is 0 Å². The zero-order valence-corrected chi connectivity index (χ0v) is 14.9. The van der Waals surface area contributed by atoms with Crippen LogP contribution in [0.1, 0.15) is 10.4 Å². The minimum absolute atomic E-state index is 0.0706. The number of carbonyl (C=O) groups excluding carboxylic acids is 1. The molecular weight excluding hydrogens is 366 g/mol. The van der Waals surface area contributed by atoms with E-state index in [9.17, 15) is 4.79 Å². The molecule has 0 saturated carbocycles. The van der Waals surface area contributed by atoms with Gasteiger partial charge in [0.1, 0.15) is 0 Å². The fourth-order valence-electron chi connectivity index (χ4n) is 1.97. The van der Waals surface area contributed by atoms with Crippen LogP contribution in [0.4, 0.5) is 0 Å². The number of rotatable bonds is 7. The van der Waals surface area contributed by atoms with E-state index in [1.54, 1.807) is 4.68 Å². The normalized spacial score (nSPS) is 10.7. The Morgan fingerprint density at radius 1 is 1.25 bits per heavy atom. The number of nitrogens with zero attached hydrogens (tertiary/aromatic N) is 4. The molecule has 0 aliphatic heterocycles. The van der Waals surface area contributed by atoms with Gasteiger partial charge in [-0.2, -0.15) is 0 Å². The molecule has 0 bridgehead atoms. The highest BCUT2D eigenvalue weighted by Crippen LogP contribution is 2.21. The van der Waals surface area contributed by atoms with Crippen molar-refractivity contribution >= 4 is 40.6 Å². The van der Waals surface area contributed by atoms with Gasteiger partial charge in [-0.1, -0.05) is 53.7 Å². The number of thiophene rings is 1. The number of thioether (sulfide) groups is 1. The molecule has 1 N–H and O–H groups in total. The van der Waals surface area contributed by atoms with Crippen LogP contribution in [0.15, 0.2) is 47.6 Å². The predicted molar refractivity (Wildman–Crippen MR) is 95.3 cm³/mol. The number of aromatic nitrogens is 4. The summed E-state index contributed by atoms with van der Waals surface area (Å²) in [6, 6.07) is 13.6. The molecule has 0 fully saturated rings. The summed E-state index contributed by atoms with van der Waals surface area (Å²) in [5, 5.41) is 15.1. The molecule has 0 aliphatic rings. The van der Waals surface area contributed by atoms with Crippen molar-refractivity contribution in [3.05, 3.63) is 57.2 Å². The molecule has 3 rings (SSSR count). The molecule has 1 amide bonds. The number of hydrogen-bond acceptors (Lipinski definition) is 6. The summed E-state index contributed by atoms with van der Waals surface area (Å²) >= 11 is 8.64. The van der Waals surface area contributed by atoms with Crippen LogP contribution in [0, 0.1) is 0 Å². The van der Waals surface area contributed by atoms with Gasteiger partial charge in [-0.25, -0.2) is 4.68 Å². The lowest BCUT2D eigenvalue weighted by atomic mass is 10.2. The summed E-state index contributed by atoms with van der Waals surface area (Å²) in [7, 11) is 0. The van der Waals surface area contributed by atoms with Crippen LogP contribution in [0.25, 0.3) is 0 Å². The highest BCUT2D eigenvalue weighted by molar-refractivity contribution is 7.99. The van der Waals surface area contributed by atoms with E-state index in [-0.39, 0.29) is 11.7 Å². The van der Waals surface area contributed by atoms with Crippen LogP contribution >= 0.6 is 34.7 Å². The standard InChI is InChI=1S/C15H14ClN5OS2/c16-13-7-6-12(24-13)8-17-14(22)10-23-15-18-19-20-21(15)9-11-4-2-1-3-5-11/h1-7H,8-10H2,(H,17,22). The first kappa shape index (κ1) is 16.9. The van der Waals surface area contributed by atoms with Crippen LogP contribution in [0.5, 0.6) is 0 Å². The van der Waals surface area contributed by atoms with Gasteiger partial charge in [0, 0.05) is 4.88 Å². The molecule has 0 atom stereocenters. The van der Waals surface area contributed by atoms with Gasteiger partial charge in [0.25, 0.3) is 0 Å². The van der Waals surface area contributed by atoms with Crippen molar-refractivity contribution < 1.29 is 4.79 Å². The minimum Gasteiger partial charge on any atom is -0.350 e. The lowest BCUT2D eigenvalue weighted by molar-refractivity contribution is -0.118. The number of halogens is 1. The van der Waals surface area contributed by atoms with Gasteiger partial charge in [-0.05, 0) is 28.1 Å². The van der Waals surface area contributed by atoms with Crippen molar-refractivity contribution in [1.29, 1.82) is 0 Å². The monoisotopic (exact) mass is 379 g/mol. The van der Waals surface area contributed by atoms with Crippen LogP contribution in [0.2, 0.25) is 4.34 Å². The van der Waals surface area contributed by atoms with Crippen molar-refractivity contribution in [1.82, 2.24) is 25.5 Å². The lowest BCUT2D eigenvalue weighted by Gasteiger charge is -2.05. The second kappa shape index (κ2) is 8.27. The Kier molecular flexibility index (Phi) is 5.84. The zero-order chi connectivity index (χ0) is 16.8. The van der Waals surface area contributed by atoms with Gasteiger partial charge >= 0.3 is 0 Å². The number of carbonyl (C=O) groups is 1. The Labute approximate surface area is 152 Å². The van der Waals surface area contributed by atoms with E-state index in [0.29, 0.717) is 22.6 Å². The number of benzene rings is 1. The van der Waals surface area contributed by atoms with E-state index >= 15 is 0 Å². The Morgan fingerprint density at radius 2 is 2.08 bits per heavy atom. The number of tetrazole rings is 1. The van der Waals surface area contributed by atoms with Crippen LogP contribution in [0.3, 0.4) is 0 Å². The van der Waals surface area contributed by atoms with Crippen molar-refractivity contribution in [2.24, 2.45) is 0 Å². The number of nitrogens with one attached hydrogen (secondary N) is 1. The molecular formula is C15H14ClN5OS2. The molecule has 2 heterocycles. The average Bonchev–Trinajstić information content (AvgIpc) is 3.21. The molecule has 24 heavy (non-hydrogen) atoms. The molecule has 0 aliphatic carbocycles. The third kappa shape index (κ3) is 4.80. The maximum atomic E-state index is 11.9. The molecule has 0 spiro atoms. The SMILES string of the molecule is O=C(CSc1nnnn1Cc1ccccc1)NCc1ccc(Cl)s1. The average molecular weight is 380 g/mol. The molecule has 1 aromatic carbocycles. The van der Waals surface area contributed by atoms with E-state index in [0.717, 1.165) is 10.4 Å². The molecule has 124 valence electrons. The second-order valence-electron chi connectivity index (χ2n) is 4.88. The smallest absolute Gasteiger partial charge is 0.230 e. The fourth-order valence-corrected chi connectivity index (χ4v) is 3.70. The third-order valence-corrected chi connectivity index (χ3v) is 5.28. The third-order valence-electron chi connectivity index (χ3n) is 3.10. The Morgan fingerprint density at radius 3 is 2.83 bits per heavy atom. The Balaban J connectivity index is 1.50. The van der Waals surface area contributed by atoms with Gasteiger partial charge in [0.05, 0.1) is 23.2 Å². The van der Waals surface area contributed by atoms with Crippen LogP contribution < -0.4 is 5.32 Å². The summed E-state index contributed by atoms with van der Waals surface area (Å²) in [6.45, 7) is 1.05. The quantitative estimate of drug-likeness (QED) is 0.639. The second-order valence-corrected chi connectivity index (χ2v) is 7.62. The molecule has 0 saturated heterocycles. The summed E-state index contributed by atoms with van der Waals surface area (Å²) < 4.78 is 2.40. The molecule has 9 heteroatoms. The van der Waals surface area contributed by atoms with Crippen LogP contribution in [-0.4, -0.2) is 31.9 Å². The number of hydrogen-bond donors (Lipinski definition) is 1. The van der Waals surface area contributed by atoms with E-state index < -0.39 is 0 Å². The molecule has 0 radical (unpaired) electrons. The highest BCUT2D eigenvalue weighted by atomic mass is 35.5. The number of amides is 1. The van der Waals surface area contributed by atoms with Gasteiger partial charge in [0.15, 0.2) is 0 Å².